The molecule has 2 rings (SSSR count). The summed E-state index contributed by atoms with van der Waals surface area (Å²) in [5.41, 5.74) is 2.12. The Hall–Kier alpha value is -1.43. The van der Waals surface area contributed by atoms with E-state index in [-0.39, 0.29) is 11.9 Å². The standard InChI is InChI=1S/C9H12N4OS/c1-3-6(2)11-8(14)7-4-13-9(12-7)15-5-10-13/h4-6H,3H2,1-2H3,(H,11,14). The molecule has 0 aromatic carbocycles. The number of carbonyl (C=O) groups excluding carboxylic acids is 1. The van der Waals surface area contributed by atoms with Crippen LogP contribution in [0.5, 0.6) is 0 Å². The summed E-state index contributed by atoms with van der Waals surface area (Å²) >= 11 is 1.41. The summed E-state index contributed by atoms with van der Waals surface area (Å²) < 4.78 is 1.61. The molecule has 2 aromatic heterocycles. The number of aromatic nitrogens is 3. The Labute approximate surface area is 91.1 Å². The van der Waals surface area contributed by atoms with Gasteiger partial charge < -0.3 is 5.32 Å². The number of nitrogens with zero attached hydrogens (tertiary/aromatic N) is 3. The highest BCUT2D eigenvalue weighted by Gasteiger charge is 2.13. The first kappa shape index (κ1) is 10.1. The number of amides is 1. The molecule has 0 aliphatic carbocycles. The number of fused-ring (bicyclic) bond motifs is 1. The van der Waals surface area contributed by atoms with E-state index >= 15 is 0 Å². The van der Waals surface area contributed by atoms with Gasteiger partial charge in [-0.3, -0.25) is 4.79 Å². The molecule has 80 valence electrons. The van der Waals surface area contributed by atoms with Gasteiger partial charge in [-0.15, -0.1) is 0 Å². The van der Waals surface area contributed by atoms with Crippen molar-refractivity contribution in [1.82, 2.24) is 19.9 Å². The van der Waals surface area contributed by atoms with Crippen molar-refractivity contribution in [2.45, 2.75) is 26.3 Å². The molecule has 6 heteroatoms. The molecule has 0 saturated carbocycles. The monoisotopic (exact) mass is 224 g/mol. The van der Waals surface area contributed by atoms with Crippen LogP contribution in [0.4, 0.5) is 0 Å². The summed E-state index contributed by atoms with van der Waals surface area (Å²) in [5, 5.41) is 6.87. The summed E-state index contributed by atoms with van der Waals surface area (Å²) in [4.78, 5) is 16.6. The summed E-state index contributed by atoms with van der Waals surface area (Å²) in [7, 11) is 0. The van der Waals surface area contributed by atoms with Crippen LogP contribution in [0.25, 0.3) is 4.96 Å². The van der Waals surface area contributed by atoms with Crippen LogP contribution < -0.4 is 5.32 Å². The SMILES string of the molecule is CCC(C)NC(=O)c1cn2ncsc2n1. The van der Waals surface area contributed by atoms with Crippen LogP contribution >= 0.6 is 11.3 Å². The number of nitrogens with one attached hydrogen (secondary N) is 1. The number of imidazole rings is 1. The highest BCUT2D eigenvalue weighted by molar-refractivity contribution is 7.14. The highest BCUT2D eigenvalue weighted by Crippen LogP contribution is 2.08. The second kappa shape index (κ2) is 3.98. The van der Waals surface area contributed by atoms with Gasteiger partial charge in [-0.05, 0) is 13.3 Å². The van der Waals surface area contributed by atoms with E-state index in [1.54, 1.807) is 16.2 Å². The first-order valence-electron chi connectivity index (χ1n) is 4.80. The lowest BCUT2D eigenvalue weighted by Gasteiger charge is -2.08. The molecule has 0 aliphatic rings. The molecular formula is C9H12N4OS. The van der Waals surface area contributed by atoms with Crippen LogP contribution in [0.15, 0.2) is 11.7 Å². The van der Waals surface area contributed by atoms with Crippen molar-refractivity contribution in [3.63, 3.8) is 0 Å². The maximum Gasteiger partial charge on any atom is 0.271 e. The second-order valence-electron chi connectivity index (χ2n) is 3.37. The maximum atomic E-state index is 11.7. The topological polar surface area (TPSA) is 59.3 Å². The molecule has 0 bridgehead atoms. The van der Waals surface area contributed by atoms with Crippen molar-refractivity contribution in [3.05, 3.63) is 17.4 Å². The van der Waals surface area contributed by atoms with E-state index < -0.39 is 0 Å². The van der Waals surface area contributed by atoms with Gasteiger partial charge in [0.25, 0.3) is 5.91 Å². The van der Waals surface area contributed by atoms with E-state index in [1.165, 1.54) is 11.3 Å². The quantitative estimate of drug-likeness (QED) is 0.855. The molecule has 0 fully saturated rings. The fourth-order valence-electron chi connectivity index (χ4n) is 1.15. The first-order valence-corrected chi connectivity index (χ1v) is 5.68. The van der Waals surface area contributed by atoms with Crippen molar-refractivity contribution in [2.24, 2.45) is 0 Å². The summed E-state index contributed by atoms with van der Waals surface area (Å²) in [6.45, 7) is 3.99. The van der Waals surface area contributed by atoms with Gasteiger partial charge in [-0.25, -0.2) is 9.50 Å². The molecule has 0 spiro atoms. The molecule has 2 heterocycles. The van der Waals surface area contributed by atoms with E-state index in [4.69, 9.17) is 0 Å². The van der Waals surface area contributed by atoms with Crippen molar-refractivity contribution in [1.29, 1.82) is 0 Å². The zero-order valence-electron chi connectivity index (χ0n) is 8.60. The normalized spacial score (nSPS) is 12.9. The average Bonchev–Trinajstić information content (AvgIpc) is 2.76. The smallest absolute Gasteiger partial charge is 0.271 e. The van der Waals surface area contributed by atoms with Crippen molar-refractivity contribution >= 4 is 22.2 Å². The molecular weight excluding hydrogens is 212 g/mol. The first-order chi connectivity index (χ1) is 7.20. The van der Waals surface area contributed by atoms with Gasteiger partial charge in [0, 0.05) is 6.04 Å². The lowest BCUT2D eigenvalue weighted by Crippen LogP contribution is -2.32. The molecule has 1 atom stereocenters. The van der Waals surface area contributed by atoms with Crippen LogP contribution in [-0.4, -0.2) is 26.5 Å². The molecule has 1 unspecified atom stereocenters. The van der Waals surface area contributed by atoms with Crippen LogP contribution in [-0.2, 0) is 0 Å². The summed E-state index contributed by atoms with van der Waals surface area (Å²) in [6.07, 6.45) is 2.55. The van der Waals surface area contributed by atoms with Gasteiger partial charge in [0.05, 0.1) is 6.20 Å². The highest BCUT2D eigenvalue weighted by atomic mass is 32.1. The molecule has 0 saturated heterocycles. The van der Waals surface area contributed by atoms with E-state index in [0.29, 0.717) is 5.69 Å². The lowest BCUT2D eigenvalue weighted by molar-refractivity contribution is 0.0935. The van der Waals surface area contributed by atoms with Gasteiger partial charge in [-0.1, -0.05) is 18.3 Å². The zero-order chi connectivity index (χ0) is 10.8. The number of hydrogen-bond donors (Lipinski definition) is 1. The Morgan fingerprint density at radius 1 is 1.73 bits per heavy atom. The fourth-order valence-corrected chi connectivity index (χ4v) is 1.75. The minimum absolute atomic E-state index is 0.137. The molecule has 15 heavy (non-hydrogen) atoms. The predicted molar refractivity (Wildman–Crippen MR) is 58.1 cm³/mol. The molecule has 0 aliphatic heterocycles. The van der Waals surface area contributed by atoms with Gasteiger partial charge in [0.15, 0.2) is 0 Å². The third-order valence-electron chi connectivity index (χ3n) is 2.21. The van der Waals surface area contributed by atoms with Crippen molar-refractivity contribution in [2.75, 3.05) is 0 Å². The summed E-state index contributed by atoms with van der Waals surface area (Å²) in [6, 6.07) is 0.171. The van der Waals surface area contributed by atoms with Crippen LogP contribution in [0.3, 0.4) is 0 Å². The number of carbonyl (C=O) groups is 1. The predicted octanol–water partition coefficient (Wildman–Crippen LogP) is 1.32. The van der Waals surface area contributed by atoms with Gasteiger partial charge in [0.2, 0.25) is 4.96 Å². The lowest BCUT2D eigenvalue weighted by atomic mass is 10.2. The van der Waals surface area contributed by atoms with E-state index in [1.807, 2.05) is 13.8 Å². The third-order valence-corrected chi connectivity index (χ3v) is 2.90. The maximum absolute atomic E-state index is 11.7. The second-order valence-corrected chi connectivity index (χ2v) is 4.19. The van der Waals surface area contributed by atoms with Crippen molar-refractivity contribution < 1.29 is 4.79 Å². The molecule has 5 nitrogen and oxygen atoms in total. The summed E-state index contributed by atoms with van der Waals surface area (Å²) in [5.74, 6) is -0.137. The average molecular weight is 224 g/mol. The Bertz CT molecular complexity index is 447. The number of hydrogen-bond acceptors (Lipinski definition) is 4. The fraction of sp³-hybridized carbons (Fsp3) is 0.444. The third kappa shape index (κ3) is 1.99. The largest absolute Gasteiger partial charge is 0.348 e. The van der Waals surface area contributed by atoms with E-state index in [0.717, 1.165) is 11.4 Å². The van der Waals surface area contributed by atoms with E-state index in [9.17, 15) is 4.79 Å². The van der Waals surface area contributed by atoms with Gasteiger partial charge in [-0.2, -0.15) is 5.10 Å². The Morgan fingerprint density at radius 3 is 3.20 bits per heavy atom. The molecule has 0 radical (unpaired) electrons. The minimum atomic E-state index is -0.137. The van der Waals surface area contributed by atoms with E-state index in [2.05, 4.69) is 15.4 Å². The Kier molecular flexibility index (Phi) is 2.68. The Morgan fingerprint density at radius 2 is 2.53 bits per heavy atom. The Balaban J connectivity index is 2.17. The molecule has 2 aromatic rings. The van der Waals surface area contributed by atoms with Gasteiger partial charge >= 0.3 is 0 Å². The van der Waals surface area contributed by atoms with Crippen molar-refractivity contribution in [3.8, 4) is 0 Å². The number of rotatable bonds is 3. The van der Waals surface area contributed by atoms with Crippen LogP contribution in [0.2, 0.25) is 0 Å². The minimum Gasteiger partial charge on any atom is -0.348 e. The molecule has 1 N–H and O–H groups in total. The van der Waals surface area contributed by atoms with Crippen LogP contribution in [0.1, 0.15) is 30.8 Å². The van der Waals surface area contributed by atoms with Crippen LogP contribution in [0, 0.1) is 0 Å². The zero-order valence-corrected chi connectivity index (χ0v) is 9.41. The van der Waals surface area contributed by atoms with Gasteiger partial charge in [0.1, 0.15) is 11.2 Å². The molecule has 1 amide bonds.